The quantitative estimate of drug-likeness (QED) is 0.837. The van der Waals surface area contributed by atoms with Gasteiger partial charge in [-0.25, -0.2) is 4.79 Å². The van der Waals surface area contributed by atoms with Gasteiger partial charge < -0.3 is 15.0 Å². The standard InChI is InChI=1S/C18H25N3O3/c1-18(2)16(22)21(17(23)19-18)13-12-20-10-8-15(9-11-20)24-14-6-4-3-5-7-14/h3-7,15H,8-13H2,1-2H3,(H,19,23). The Balaban J connectivity index is 1.43. The lowest BCUT2D eigenvalue weighted by atomic mass is 10.1. The van der Waals surface area contributed by atoms with Gasteiger partial charge in [0, 0.05) is 26.2 Å². The minimum atomic E-state index is -0.784. The molecule has 0 unspecified atom stereocenters. The van der Waals surface area contributed by atoms with Crippen LogP contribution in [0.1, 0.15) is 26.7 Å². The average molecular weight is 331 g/mol. The molecule has 0 atom stereocenters. The van der Waals surface area contributed by atoms with Gasteiger partial charge in [-0.05, 0) is 38.8 Å². The first kappa shape index (κ1) is 16.8. The van der Waals surface area contributed by atoms with Gasteiger partial charge in [-0.1, -0.05) is 18.2 Å². The molecule has 2 aliphatic heterocycles. The van der Waals surface area contributed by atoms with E-state index < -0.39 is 5.54 Å². The van der Waals surface area contributed by atoms with Crippen LogP contribution in [0.2, 0.25) is 0 Å². The fourth-order valence-electron chi connectivity index (χ4n) is 3.20. The van der Waals surface area contributed by atoms with Crippen molar-refractivity contribution in [3.05, 3.63) is 30.3 Å². The molecule has 24 heavy (non-hydrogen) atoms. The van der Waals surface area contributed by atoms with Crippen molar-refractivity contribution in [3.63, 3.8) is 0 Å². The normalized spacial score (nSPS) is 21.8. The van der Waals surface area contributed by atoms with Gasteiger partial charge >= 0.3 is 6.03 Å². The summed E-state index contributed by atoms with van der Waals surface area (Å²) in [5, 5.41) is 2.71. The fourth-order valence-corrected chi connectivity index (χ4v) is 3.20. The Kier molecular flexibility index (Phi) is 4.76. The Morgan fingerprint density at radius 3 is 2.38 bits per heavy atom. The predicted octanol–water partition coefficient (Wildman–Crippen LogP) is 1.86. The molecule has 1 aromatic carbocycles. The van der Waals surface area contributed by atoms with Gasteiger partial charge in [0.25, 0.3) is 5.91 Å². The highest BCUT2D eigenvalue weighted by Crippen LogP contribution is 2.20. The van der Waals surface area contributed by atoms with Gasteiger partial charge in [-0.15, -0.1) is 0 Å². The van der Waals surface area contributed by atoms with E-state index in [2.05, 4.69) is 10.2 Å². The summed E-state index contributed by atoms with van der Waals surface area (Å²) in [6.07, 6.45) is 2.15. The SMILES string of the molecule is CC1(C)NC(=O)N(CCN2CCC(Oc3ccccc3)CC2)C1=O. The second-order valence-corrected chi connectivity index (χ2v) is 6.98. The third kappa shape index (κ3) is 3.70. The third-order valence-corrected chi connectivity index (χ3v) is 4.66. The first-order chi connectivity index (χ1) is 11.5. The van der Waals surface area contributed by atoms with E-state index in [1.165, 1.54) is 4.90 Å². The molecule has 6 nitrogen and oxygen atoms in total. The highest BCUT2D eigenvalue weighted by atomic mass is 16.5. The number of urea groups is 1. The first-order valence-electron chi connectivity index (χ1n) is 8.54. The fraction of sp³-hybridized carbons (Fsp3) is 0.556. The molecule has 0 spiro atoms. The van der Waals surface area contributed by atoms with Gasteiger partial charge in [-0.2, -0.15) is 0 Å². The molecule has 3 amide bonds. The lowest BCUT2D eigenvalue weighted by Crippen LogP contribution is -2.44. The zero-order valence-corrected chi connectivity index (χ0v) is 14.3. The molecule has 1 N–H and O–H groups in total. The largest absolute Gasteiger partial charge is 0.490 e. The van der Waals surface area contributed by atoms with E-state index in [1.807, 2.05) is 30.3 Å². The Labute approximate surface area is 142 Å². The van der Waals surface area contributed by atoms with Gasteiger partial charge in [0.2, 0.25) is 0 Å². The molecular formula is C18H25N3O3. The van der Waals surface area contributed by atoms with Crippen molar-refractivity contribution in [2.24, 2.45) is 0 Å². The summed E-state index contributed by atoms with van der Waals surface area (Å²) in [6, 6.07) is 9.60. The van der Waals surface area contributed by atoms with Crippen LogP contribution in [-0.2, 0) is 4.79 Å². The summed E-state index contributed by atoms with van der Waals surface area (Å²) in [7, 11) is 0. The maximum Gasteiger partial charge on any atom is 0.325 e. The van der Waals surface area contributed by atoms with Crippen molar-refractivity contribution < 1.29 is 14.3 Å². The van der Waals surface area contributed by atoms with Crippen molar-refractivity contribution in [2.75, 3.05) is 26.2 Å². The summed E-state index contributed by atoms with van der Waals surface area (Å²) in [5.41, 5.74) is -0.784. The average Bonchev–Trinajstić information content (AvgIpc) is 2.76. The van der Waals surface area contributed by atoms with E-state index in [0.29, 0.717) is 13.1 Å². The van der Waals surface area contributed by atoms with E-state index in [9.17, 15) is 9.59 Å². The molecule has 2 saturated heterocycles. The second kappa shape index (κ2) is 6.81. The lowest BCUT2D eigenvalue weighted by Gasteiger charge is -2.32. The minimum absolute atomic E-state index is 0.144. The number of para-hydroxylation sites is 1. The summed E-state index contributed by atoms with van der Waals surface area (Å²) >= 11 is 0. The molecule has 1 aromatic rings. The Morgan fingerprint density at radius 2 is 1.79 bits per heavy atom. The lowest BCUT2D eigenvalue weighted by molar-refractivity contribution is -0.130. The number of ether oxygens (including phenoxy) is 1. The molecule has 0 aromatic heterocycles. The van der Waals surface area contributed by atoms with E-state index >= 15 is 0 Å². The van der Waals surface area contributed by atoms with Crippen LogP contribution in [0.4, 0.5) is 4.79 Å². The molecule has 0 radical (unpaired) electrons. The molecule has 0 aliphatic carbocycles. The van der Waals surface area contributed by atoms with E-state index in [1.54, 1.807) is 13.8 Å². The smallest absolute Gasteiger partial charge is 0.325 e. The Morgan fingerprint density at radius 1 is 1.12 bits per heavy atom. The van der Waals surface area contributed by atoms with Crippen molar-refractivity contribution in [2.45, 2.75) is 38.3 Å². The molecule has 2 aliphatic rings. The van der Waals surface area contributed by atoms with Gasteiger partial charge in [0.05, 0.1) is 0 Å². The summed E-state index contributed by atoms with van der Waals surface area (Å²) in [6.45, 7) is 6.47. The van der Waals surface area contributed by atoms with Gasteiger partial charge in [0.15, 0.2) is 0 Å². The maximum atomic E-state index is 12.2. The van der Waals surface area contributed by atoms with E-state index in [-0.39, 0.29) is 18.0 Å². The topological polar surface area (TPSA) is 61.9 Å². The number of hydrogen-bond acceptors (Lipinski definition) is 4. The number of carbonyl (C=O) groups excluding carboxylic acids is 2. The van der Waals surface area contributed by atoms with Crippen molar-refractivity contribution in [1.82, 2.24) is 15.1 Å². The molecule has 6 heteroatoms. The third-order valence-electron chi connectivity index (χ3n) is 4.66. The highest BCUT2D eigenvalue weighted by molar-refractivity contribution is 6.06. The zero-order valence-electron chi connectivity index (χ0n) is 14.3. The maximum absolute atomic E-state index is 12.2. The molecule has 2 heterocycles. The molecule has 0 bridgehead atoms. The number of benzene rings is 1. The highest BCUT2D eigenvalue weighted by Gasteiger charge is 2.44. The van der Waals surface area contributed by atoms with Crippen LogP contribution < -0.4 is 10.1 Å². The Bertz CT molecular complexity index is 595. The Hall–Kier alpha value is -2.08. The second-order valence-electron chi connectivity index (χ2n) is 6.98. The number of hydrogen-bond donors (Lipinski definition) is 1. The van der Waals surface area contributed by atoms with Crippen LogP contribution in [-0.4, -0.2) is 59.6 Å². The number of rotatable bonds is 5. The van der Waals surface area contributed by atoms with Crippen molar-refractivity contribution >= 4 is 11.9 Å². The van der Waals surface area contributed by atoms with Crippen molar-refractivity contribution in [1.29, 1.82) is 0 Å². The summed E-state index contributed by atoms with van der Waals surface area (Å²) in [4.78, 5) is 27.7. The summed E-state index contributed by atoms with van der Waals surface area (Å²) < 4.78 is 5.99. The van der Waals surface area contributed by atoms with E-state index in [4.69, 9.17) is 4.74 Å². The first-order valence-corrected chi connectivity index (χ1v) is 8.54. The van der Waals surface area contributed by atoms with Crippen LogP contribution >= 0.6 is 0 Å². The van der Waals surface area contributed by atoms with Gasteiger partial charge in [-0.3, -0.25) is 9.69 Å². The van der Waals surface area contributed by atoms with Crippen LogP contribution in [0.5, 0.6) is 5.75 Å². The number of amides is 3. The zero-order chi connectivity index (χ0) is 17.2. The number of likely N-dealkylation sites (tertiary alicyclic amines) is 1. The number of imide groups is 1. The van der Waals surface area contributed by atoms with Crippen molar-refractivity contribution in [3.8, 4) is 5.75 Å². The van der Waals surface area contributed by atoms with Crippen LogP contribution in [0.25, 0.3) is 0 Å². The molecule has 2 fully saturated rings. The number of nitrogens with zero attached hydrogens (tertiary/aromatic N) is 2. The molecule has 0 saturated carbocycles. The summed E-state index contributed by atoms with van der Waals surface area (Å²) in [5.74, 6) is 0.771. The number of piperidine rings is 1. The van der Waals surface area contributed by atoms with Crippen LogP contribution in [0.15, 0.2) is 30.3 Å². The minimum Gasteiger partial charge on any atom is -0.490 e. The molecule has 130 valence electrons. The van der Waals surface area contributed by atoms with E-state index in [0.717, 1.165) is 31.7 Å². The molecule has 3 rings (SSSR count). The van der Waals surface area contributed by atoms with Crippen LogP contribution in [0.3, 0.4) is 0 Å². The predicted molar refractivity (Wildman–Crippen MR) is 90.9 cm³/mol. The number of nitrogens with one attached hydrogen (secondary N) is 1. The van der Waals surface area contributed by atoms with Gasteiger partial charge in [0.1, 0.15) is 17.4 Å². The monoisotopic (exact) mass is 331 g/mol. The number of carbonyl (C=O) groups is 2. The molecular weight excluding hydrogens is 306 g/mol. The van der Waals surface area contributed by atoms with Crippen LogP contribution in [0, 0.1) is 0 Å².